The van der Waals surface area contributed by atoms with E-state index in [0.29, 0.717) is 21.6 Å². The Balaban J connectivity index is 1.56. The molecule has 0 atom stereocenters. The average Bonchev–Trinajstić information content (AvgIpc) is 3.15. The zero-order chi connectivity index (χ0) is 18.8. The number of hydrogen-bond acceptors (Lipinski definition) is 6. The van der Waals surface area contributed by atoms with Gasteiger partial charge in [-0.15, -0.1) is 11.3 Å². The number of nitrogens with one attached hydrogen (secondary N) is 1. The summed E-state index contributed by atoms with van der Waals surface area (Å²) in [6.45, 7) is 0. The number of carbonyl (C=O) groups is 1. The molecule has 0 saturated heterocycles. The zero-order valence-electron chi connectivity index (χ0n) is 14.4. The smallest absolute Gasteiger partial charge is 0.274 e. The zero-order valence-corrected chi connectivity index (χ0v) is 15.2. The maximum atomic E-state index is 12.5. The first-order valence-electron chi connectivity index (χ1n) is 8.22. The van der Waals surface area contributed by atoms with Gasteiger partial charge < -0.3 is 5.32 Å². The molecule has 134 valence electrons. The molecule has 0 spiro atoms. The molecule has 8 heteroatoms. The molecule has 1 amide bonds. The van der Waals surface area contributed by atoms with Gasteiger partial charge >= 0.3 is 0 Å². The topological polar surface area (TPSA) is 89.8 Å². The number of benzene rings is 1. The summed E-state index contributed by atoms with van der Waals surface area (Å²) in [5.74, 6) is -0.238. The second-order valence-corrected chi connectivity index (χ2v) is 6.78. The molecule has 1 N–H and O–H groups in total. The van der Waals surface area contributed by atoms with Gasteiger partial charge in [0.05, 0.1) is 23.2 Å². The number of nitrogens with zero attached hydrogens (tertiary/aromatic N) is 4. The molecule has 1 aromatic carbocycles. The highest BCUT2D eigenvalue weighted by Gasteiger charge is 2.14. The Kier molecular flexibility index (Phi) is 4.47. The van der Waals surface area contributed by atoms with Gasteiger partial charge in [-0.05, 0) is 18.2 Å². The molecule has 0 aliphatic carbocycles. The molecule has 27 heavy (non-hydrogen) atoms. The maximum absolute atomic E-state index is 12.5. The number of amides is 1. The highest BCUT2D eigenvalue weighted by molar-refractivity contribution is 7.14. The van der Waals surface area contributed by atoms with Crippen LogP contribution in [0.2, 0.25) is 0 Å². The van der Waals surface area contributed by atoms with E-state index in [0.717, 1.165) is 11.3 Å². The molecule has 7 nitrogen and oxygen atoms in total. The third-order valence-electron chi connectivity index (χ3n) is 4.07. The van der Waals surface area contributed by atoms with E-state index >= 15 is 0 Å². The third kappa shape index (κ3) is 3.47. The Bertz CT molecular complexity index is 1180. The molecule has 4 aromatic rings. The van der Waals surface area contributed by atoms with E-state index in [1.165, 1.54) is 16.0 Å². The fourth-order valence-corrected chi connectivity index (χ4v) is 3.54. The van der Waals surface area contributed by atoms with Crippen molar-refractivity contribution in [3.63, 3.8) is 0 Å². The van der Waals surface area contributed by atoms with Crippen molar-refractivity contribution in [3.8, 4) is 11.3 Å². The van der Waals surface area contributed by atoms with Crippen LogP contribution in [0.3, 0.4) is 0 Å². The molecule has 0 saturated carbocycles. The SMILES string of the molecule is Cn1nc(CC(=O)Nc2nc(-c3cccnc3)cs2)c2ccccc2c1=O. The van der Waals surface area contributed by atoms with E-state index in [1.807, 2.05) is 23.6 Å². The van der Waals surface area contributed by atoms with Gasteiger partial charge in [-0.25, -0.2) is 9.67 Å². The number of fused-ring (bicyclic) bond motifs is 1. The van der Waals surface area contributed by atoms with Gasteiger partial charge in [-0.3, -0.25) is 14.6 Å². The number of aromatic nitrogens is 4. The van der Waals surface area contributed by atoms with E-state index < -0.39 is 0 Å². The Morgan fingerprint density at radius 3 is 2.78 bits per heavy atom. The van der Waals surface area contributed by atoms with Crippen molar-refractivity contribution in [1.82, 2.24) is 19.7 Å². The summed E-state index contributed by atoms with van der Waals surface area (Å²) in [5.41, 5.74) is 2.01. The van der Waals surface area contributed by atoms with Crippen LogP contribution >= 0.6 is 11.3 Å². The highest BCUT2D eigenvalue weighted by Crippen LogP contribution is 2.24. The Morgan fingerprint density at radius 1 is 1.19 bits per heavy atom. The Morgan fingerprint density at radius 2 is 2.00 bits per heavy atom. The summed E-state index contributed by atoms with van der Waals surface area (Å²) in [6, 6.07) is 10.9. The molecule has 0 radical (unpaired) electrons. The van der Waals surface area contributed by atoms with E-state index in [1.54, 1.807) is 37.6 Å². The molecule has 0 unspecified atom stereocenters. The lowest BCUT2D eigenvalue weighted by atomic mass is 10.1. The van der Waals surface area contributed by atoms with Crippen LogP contribution in [0.15, 0.2) is 59.0 Å². The monoisotopic (exact) mass is 377 g/mol. The number of anilines is 1. The predicted octanol–water partition coefficient (Wildman–Crippen LogP) is 2.63. The lowest BCUT2D eigenvalue weighted by Crippen LogP contribution is -2.24. The summed E-state index contributed by atoms with van der Waals surface area (Å²) >= 11 is 1.35. The number of aryl methyl sites for hydroxylation is 1. The number of pyridine rings is 1. The quantitative estimate of drug-likeness (QED) is 0.590. The normalized spacial score (nSPS) is 10.9. The van der Waals surface area contributed by atoms with Crippen LogP contribution in [0, 0.1) is 0 Å². The molecule has 0 aliphatic heterocycles. The lowest BCUT2D eigenvalue weighted by molar-refractivity contribution is -0.115. The highest BCUT2D eigenvalue weighted by atomic mass is 32.1. The number of carbonyl (C=O) groups excluding carboxylic acids is 1. The minimum atomic E-state index is -0.238. The van der Waals surface area contributed by atoms with Crippen LogP contribution in [0.4, 0.5) is 5.13 Å². The number of thiazole rings is 1. The molecular weight excluding hydrogens is 362 g/mol. The molecule has 0 fully saturated rings. The molecule has 0 aliphatic rings. The van der Waals surface area contributed by atoms with Gasteiger partial charge in [0.2, 0.25) is 5.91 Å². The molecule has 3 aromatic heterocycles. The van der Waals surface area contributed by atoms with E-state index in [2.05, 4.69) is 20.4 Å². The Labute approximate surface area is 158 Å². The fourth-order valence-electron chi connectivity index (χ4n) is 2.80. The third-order valence-corrected chi connectivity index (χ3v) is 4.83. The van der Waals surface area contributed by atoms with E-state index in [-0.39, 0.29) is 17.9 Å². The van der Waals surface area contributed by atoms with Gasteiger partial charge in [0, 0.05) is 35.8 Å². The molecular formula is C19H15N5O2S. The van der Waals surface area contributed by atoms with Crippen molar-refractivity contribution >= 4 is 33.1 Å². The number of hydrogen-bond donors (Lipinski definition) is 1. The van der Waals surface area contributed by atoms with Crippen LogP contribution in [0.1, 0.15) is 5.69 Å². The van der Waals surface area contributed by atoms with Gasteiger partial charge in [-0.2, -0.15) is 5.10 Å². The molecule has 3 heterocycles. The van der Waals surface area contributed by atoms with Crippen molar-refractivity contribution in [1.29, 1.82) is 0 Å². The van der Waals surface area contributed by atoms with Gasteiger partial charge in [0.1, 0.15) is 0 Å². The van der Waals surface area contributed by atoms with Crippen molar-refractivity contribution in [2.24, 2.45) is 7.05 Å². The Hall–Kier alpha value is -3.39. The summed E-state index contributed by atoms with van der Waals surface area (Å²) in [5, 5.41) is 10.7. The molecule has 0 bridgehead atoms. The largest absolute Gasteiger partial charge is 0.302 e. The maximum Gasteiger partial charge on any atom is 0.274 e. The fraction of sp³-hybridized carbons (Fsp3) is 0.105. The summed E-state index contributed by atoms with van der Waals surface area (Å²) < 4.78 is 1.26. The van der Waals surface area contributed by atoms with Gasteiger partial charge in [0.15, 0.2) is 5.13 Å². The van der Waals surface area contributed by atoms with Crippen molar-refractivity contribution in [2.75, 3.05) is 5.32 Å². The first-order chi connectivity index (χ1) is 13.1. The van der Waals surface area contributed by atoms with Crippen LogP contribution in [0.5, 0.6) is 0 Å². The van der Waals surface area contributed by atoms with Crippen molar-refractivity contribution in [3.05, 3.63) is 70.2 Å². The van der Waals surface area contributed by atoms with E-state index in [4.69, 9.17) is 0 Å². The summed E-state index contributed by atoms with van der Waals surface area (Å²) in [4.78, 5) is 33.2. The van der Waals surface area contributed by atoms with Gasteiger partial charge in [0.25, 0.3) is 5.56 Å². The first kappa shape index (κ1) is 17.0. The van der Waals surface area contributed by atoms with Crippen LogP contribution in [-0.4, -0.2) is 25.7 Å². The van der Waals surface area contributed by atoms with Crippen LogP contribution in [-0.2, 0) is 18.3 Å². The predicted molar refractivity (Wildman–Crippen MR) is 105 cm³/mol. The van der Waals surface area contributed by atoms with Crippen LogP contribution in [0.25, 0.3) is 22.0 Å². The second kappa shape index (κ2) is 7.08. The average molecular weight is 377 g/mol. The van der Waals surface area contributed by atoms with E-state index in [9.17, 15) is 9.59 Å². The summed E-state index contributed by atoms with van der Waals surface area (Å²) in [7, 11) is 1.58. The first-order valence-corrected chi connectivity index (χ1v) is 9.10. The minimum Gasteiger partial charge on any atom is -0.302 e. The standard InChI is InChI=1S/C19H15N5O2S/c1-24-18(26)14-7-3-2-6-13(14)15(23-24)9-17(25)22-19-21-16(11-27-19)12-5-4-8-20-10-12/h2-8,10-11H,9H2,1H3,(H,21,22,25). The van der Waals surface area contributed by atoms with Gasteiger partial charge in [-0.1, -0.05) is 18.2 Å². The minimum absolute atomic E-state index is 0.0520. The van der Waals surface area contributed by atoms with Crippen molar-refractivity contribution in [2.45, 2.75) is 6.42 Å². The van der Waals surface area contributed by atoms with Crippen LogP contribution < -0.4 is 10.9 Å². The lowest BCUT2D eigenvalue weighted by Gasteiger charge is -2.07. The summed E-state index contributed by atoms with van der Waals surface area (Å²) in [6.07, 6.45) is 3.47. The van der Waals surface area contributed by atoms with Crippen molar-refractivity contribution < 1.29 is 4.79 Å². The second-order valence-electron chi connectivity index (χ2n) is 5.93. The molecule has 4 rings (SSSR count). The number of rotatable bonds is 4.